The van der Waals surface area contributed by atoms with E-state index < -0.39 is 0 Å². The summed E-state index contributed by atoms with van der Waals surface area (Å²) in [6, 6.07) is 15.4. The van der Waals surface area contributed by atoms with Crippen molar-refractivity contribution in [2.45, 2.75) is 6.92 Å². The van der Waals surface area contributed by atoms with E-state index in [0.29, 0.717) is 23.5 Å². The van der Waals surface area contributed by atoms with Gasteiger partial charge in [-0.2, -0.15) is 15.0 Å². The van der Waals surface area contributed by atoms with Gasteiger partial charge in [-0.3, -0.25) is 0 Å². The van der Waals surface area contributed by atoms with E-state index in [2.05, 4.69) is 30.9 Å². The topological polar surface area (TPSA) is 101 Å². The summed E-state index contributed by atoms with van der Waals surface area (Å²) in [6.07, 6.45) is 0. The van der Waals surface area contributed by atoms with Crippen molar-refractivity contribution < 1.29 is 0 Å². The Morgan fingerprint density at radius 3 is 1.96 bits per heavy atom. The van der Waals surface area contributed by atoms with Crippen molar-refractivity contribution in [2.24, 2.45) is 0 Å². The molecule has 0 aliphatic carbocycles. The number of nitrogens with one attached hydrogen (secondary N) is 3. The minimum absolute atomic E-state index is 0.426. The zero-order valence-electron chi connectivity index (χ0n) is 13.5. The first-order valence-electron chi connectivity index (χ1n) is 7.52. The molecule has 0 saturated heterocycles. The van der Waals surface area contributed by atoms with Crippen LogP contribution in [0.5, 0.6) is 0 Å². The van der Waals surface area contributed by atoms with E-state index in [1.807, 2.05) is 55.5 Å². The van der Waals surface area contributed by atoms with Gasteiger partial charge in [-0.15, -0.1) is 0 Å². The highest BCUT2D eigenvalue weighted by Crippen LogP contribution is 2.20. The Morgan fingerprint density at radius 1 is 0.792 bits per heavy atom. The molecule has 2 aromatic carbocycles. The Bertz CT molecular complexity index is 782. The predicted molar refractivity (Wildman–Crippen MR) is 98.0 cm³/mol. The lowest BCUT2D eigenvalue weighted by Crippen LogP contribution is -2.07. The third-order valence-corrected chi connectivity index (χ3v) is 3.28. The van der Waals surface area contributed by atoms with E-state index in [9.17, 15) is 0 Å². The van der Waals surface area contributed by atoms with Gasteiger partial charge in [0.25, 0.3) is 0 Å². The van der Waals surface area contributed by atoms with Gasteiger partial charge in [-0.25, -0.2) is 0 Å². The summed E-state index contributed by atoms with van der Waals surface area (Å²) in [6.45, 7) is 2.03. The van der Waals surface area contributed by atoms with Crippen molar-refractivity contribution in [3.63, 3.8) is 0 Å². The third kappa shape index (κ3) is 3.89. The molecule has 122 valence electrons. The van der Waals surface area contributed by atoms with Gasteiger partial charge in [0.15, 0.2) is 0 Å². The number of anilines is 6. The van der Waals surface area contributed by atoms with Crippen LogP contribution in [0.2, 0.25) is 0 Å². The maximum absolute atomic E-state index is 5.80. The van der Waals surface area contributed by atoms with Gasteiger partial charge in [-0.05, 0) is 42.8 Å². The summed E-state index contributed by atoms with van der Waals surface area (Å²) in [7, 11) is 1.76. The Hall–Kier alpha value is -3.35. The summed E-state index contributed by atoms with van der Waals surface area (Å²) >= 11 is 0. The standard InChI is InChI=1S/C17H19N7/c1-11-5-3-7-13(9-11)20-16-22-15(19-2)23-17(24-16)21-14-8-4-6-12(18)10-14/h3-10H,18H2,1-2H3,(H3,19,20,21,22,23,24). The molecule has 0 saturated carbocycles. The van der Waals surface area contributed by atoms with Crippen LogP contribution in [0.15, 0.2) is 48.5 Å². The maximum Gasteiger partial charge on any atom is 0.233 e. The van der Waals surface area contributed by atoms with Crippen LogP contribution in [0.3, 0.4) is 0 Å². The van der Waals surface area contributed by atoms with Crippen molar-refractivity contribution in [2.75, 3.05) is 28.7 Å². The second-order valence-electron chi connectivity index (χ2n) is 5.30. The van der Waals surface area contributed by atoms with Gasteiger partial charge < -0.3 is 21.7 Å². The van der Waals surface area contributed by atoms with Gasteiger partial charge in [-0.1, -0.05) is 18.2 Å². The summed E-state index contributed by atoms with van der Waals surface area (Å²) < 4.78 is 0. The first-order valence-corrected chi connectivity index (χ1v) is 7.52. The highest BCUT2D eigenvalue weighted by Gasteiger charge is 2.07. The number of rotatable bonds is 5. The van der Waals surface area contributed by atoms with Gasteiger partial charge >= 0.3 is 0 Å². The second kappa shape index (κ2) is 6.82. The lowest BCUT2D eigenvalue weighted by atomic mass is 10.2. The monoisotopic (exact) mass is 321 g/mol. The van der Waals surface area contributed by atoms with Crippen LogP contribution in [0.4, 0.5) is 34.9 Å². The zero-order chi connectivity index (χ0) is 16.9. The molecule has 7 nitrogen and oxygen atoms in total. The number of aryl methyl sites for hydroxylation is 1. The Labute approximate surface area is 140 Å². The molecule has 0 radical (unpaired) electrons. The number of hydrogen-bond acceptors (Lipinski definition) is 7. The number of nitrogens with two attached hydrogens (primary N) is 1. The van der Waals surface area contributed by atoms with Crippen molar-refractivity contribution in [1.29, 1.82) is 0 Å². The minimum atomic E-state index is 0.426. The van der Waals surface area contributed by atoms with Crippen LogP contribution < -0.4 is 21.7 Å². The van der Waals surface area contributed by atoms with Gasteiger partial charge in [0.1, 0.15) is 0 Å². The molecule has 1 aromatic heterocycles. The normalized spacial score (nSPS) is 10.2. The van der Waals surface area contributed by atoms with E-state index in [1.165, 1.54) is 0 Å². The van der Waals surface area contributed by atoms with Gasteiger partial charge in [0.05, 0.1) is 0 Å². The first-order chi connectivity index (χ1) is 11.6. The van der Waals surface area contributed by atoms with E-state index in [1.54, 1.807) is 7.05 Å². The SMILES string of the molecule is CNc1nc(Nc2cccc(C)c2)nc(Nc2cccc(N)c2)n1. The first kappa shape index (κ1) is 15.5. The third-order valence-electron chi connectivity index (χ3n) is 3.28. The molecule has 0 bridgehead atoms. The fourth-order valence-corrected chi connectivity index (χ4v) is 2.20. The number of aromatic nitrogens is 3. The maximum atomic E-state index is 5.80. The van der Waals surface area contributed by atoms with Crippen LogP contribution in [-0.2, 0) is 0 Å². The molecule has 5 N–H and O–H groups in total. The smallest absolute Gasteiger partial charge is 0.233 e. The molecule has 0 aliphatic heterocycles. The Kier molecular flexibility index (Phi) is 4.42. The molecule has 0 spiro atoms. The van der Waals surface area contributed by atoms with Crippen LogP contribution in [0.1, 0.15) is 5.56 Å². The molecule has 7 heteroatoms. The summed E-state index contributed by atoms with van der Waals surface area (Å²) in [5, 5.41) is 9.26. The van der Waals surface area contributed by atoms with E-state index in [0.717, 1.165) is 16.9 Å². The average molecular weight is 321 g/mol. The average Bonchev–Trinajstić information content (AvgIpc) is 2.54. The van der Waals surface area contributed by atoms with Gasteiger partial charge in [0, 0.05) is 24.1 Å². The lowest BCUT2D eigenvalue weighted by molar-refractivity contribution is 1.06. The van der Waals surface area contributed by atoms with Crippen molar-refractivity contribution in [3.8, 4) is 0 Å². The van der Waals surface area contributed by atoms with Crippen LogP contribution in [0, 0.1) is 6.92 Å². The van der Waals surface area contributed by atoms with E-state index >= 15 is 0 Å². The van der Waals surface area contributed by atoms with Crippen molar-refractivity contribution >= 4 is 34.9 Å². The molecule has 3 aromatic rings. The number of hydrogen-bond donors (Lipinski definition) is 4. The molecule has 0 fully saturated rings. The quantitative estimate of drug-likeness (QED) is 0.535. The Morgan fingerprint density at radius 2 is 1.38 bits per heavy atom. The molecule has 0 amide bonds. The summed E-state index contributed by atoms with van der Waals surface area (Å²) in [5.74, 6) is 1.34. The molecule has 24 heavy (non-hydrogen) atoms. The number of nitrogens with zero attached hydrogens (tertiary/aromatic N) is 3. The molecular weight excluding hydrogens is 302 g/mol. The number of nitrogen functional groups attached to an aromatic ring is 1. The molecule has 1 heterocycles. The van der Waals surface area contributed by atoms with Gasteiger partial charge in [0.2, 0.25) is 17.8 Å². The van der Waals surface area contributed by atoms with Crippen molar-refractivity contribution in [1.82, 2.24) is 15.0 Å². The fourth-order valence-electron chi connectivity index (χ4n) is 2.20. The van der Waals surface area contributed by atoms with E-state index in [4.69, 9.17) is 5.73 Å². The summed E-state index contributed by atoms with van der Waals surface area (Å²) in [4.78, 5) is 13.0. The fraction of sp³-hybridized carbons (Fsp3) is 0.118. The highest BCUT2D eigenvalue weighted by atomic mass is 15.3. The second-order valence-corrected chi connectivity index (χ2v) is 5.30. The van der Waals surface area contributed by atoms with Crippen LogP contribution in [-0.4, -0.2) is 22.0 Å². The van der Waals surface area contributed by atoms with E-state index in [-0.39, 0.29) is 0 Å². The molecule has 0 aliphatic rings. The molecular formula is C17H19N7. The molecule has 3 rings (SSSR count). The molecule has 0 atom stereocenters. The minimum Gasteiger partial charge on any atom is -0.399 e. The summed E-state index contributed by atoms with van der Waals surface area (Å²) in [5.41, 5.74) is 9.34. The highest BCUT2D eigenvalue weighted by molar-refractivity contribution is 5.62. The molecule has 0 unspecified atom stereocenters. The predicted octanol–water partition coefficient (Wildman–Crippen LogP) is 3.29. The zero-order valence-corrected chi connectivity index (χ0v) is 13.5. The largest absolute Gasteiger partial charge is 0.399 e. The number of benzene rings is 2. The van der Waals surface area contributed by atoms with Crippen LogP contribution in [0.25, 0.3) is 0 Å². The lowest BCUT2D eigenvalue weighted by Gasteiger charge is -2.10. The van der Waals surface area contributed by atoms with Crippen LogP contribution >= 0.6 is 0 Å². The van der Waals surface area contributed by atoms with Crippen molar-refractivity contribution in [3.05, 3.63) is 54.1 Å². The Balaban J connectivity index is 1.87.